The van der Waals surface area contributed by atoms with E-state index in [0.717, 1.165) is 0 Å². The number of nitro groups is 1. The Bertz CT molecular complexity index is 473. The van der Waals surface area contributed by atoms with E-state index in [2.05, 4.69) is 5.92 Å². The second-order valence-electron chi connectivity index (χ2n) is 2.99. The fraction of sp³-hybridized carbons (Fsp3) is 0.182. The lowest BCUT2D eigenvalue weighted by molar-refractivity contribution is -0.384. The molecule has 0 aliphatic rings. The van der Waals surface area contributed by atoms with E-state index in [1.54, 1.807) is 0 Å². The van der Waals surface area contributed by atoms with Crippen molar-refractivity contribution in [2.75, 3.05) is 6.61 Å². The van der Waals surface area contributed by atoms with Crippen LogP contribution in [-0.4, -0.2) is 17.3 Å². The van der Waals surface area contributed by atoms with Gasteiger partial charge in [-0.2, -0.15) is 0 Å². The first-order chi connectivity index (χ1) is 7.56. The summed E-state index contributed by atoms with van der Waals surface area (Å²) in [5.41, 5.74) is 0.00251. The molecule has 0 bridgehead atoms. The number of hydrogen-bond donors (Lipinski definition) is 0. The van der Waals surface area contributed by atoms with Gasteiger partial charge in [0.25, 0.3) is 5.69 Å². The van der Waals surface area contributed by atoms with E-state index in [0.29, 0.717) is 0 Å². The van der Waals surface area contributed by atoms with Gasteiger partial charge in [-0.05, 0) is 13.0 Å². The molecule has 0 fully saturated rings. The molecule has 0 atom stereocenters. The Morgan fingerprint density at radius 2 is 2.31 bits per heavy atom. The van der Waals surface area contributed by atoms with Gasteiger partial charge >= 0.3 is 0 Å². The summed E-state index contributed by atoms with van der Waals surface area (Å²) in [6.45, 7) is 1.32. The van der Waals surface area contributed by atoms with Gasteiger partial charge in [-0.15, -0.1) is 6.42 Å². The van der Waals surface area contributed by atoms with Crippen LogP contribution in [0.1, 0.15) is 17.3 Å². The SMILES string of the molecule is C#CCOc1ccc([N+](=O)[O-])cc1C(C)=O. The average molecular weight is 219 g/mol. The van der Waals surface area contributed by atoms with Gasteiger partial charge in [0.05, 0.1) is 10.5 Å². The third-order valence-corrected chi connectivity index (χ3v) is 1.86. The molecule has 0 heterocycles. The van der Waals surface area contributed by atoms with Crippen molar-refractivity contribution in [3.05, 3.63) is 33.9 Å². The van der Waals surface area contributed by atoms with Crippen molar-refractivity contribution in [3.8, 4) is 18.1 Å². The number of ketones is 1. The van der Waals surface area contributed by atoms with Crippen LogP contribution in [0, 0.1) is 22.5 Å². The standard InChI is InChI=1S/C11H9NO4/c1-3-6-16-11-5-4-9(12(14)15)7-10(11)8(2)13/h1,4-5,7H,6H2,2H3. The first kappa shape index (κ1) is 11.7. The van der Waals surface area contributed by atoms with Crippen molar-refractivity contribution in [2.45, 2.75) is 6.92 Å². The highest BCUT2D eigenvalue weighted by atomic mass is 16.6. The molecule has 5 nitrogen and oxygen atoms in total. The van der Waals surface area contributed by atoms with Crippen LogP contribution in [0.15, 0.2) is 18.2 Å². The molecule has 0 spiro atoms. The zero-order valence-electron chi connectivity index (χ0n) is 8.60. The van der Waals surface area contributed by atoms with Crippen molar-refractivity contribution in [3.63, 3.8) is 0 Å². The molecule has 0 saturated carbocycles. The third kappa shape index (κ3) is 2.58. The van der Waals surface area contributed by atoms with Gasteiger partial charge in [0.2, 0.25) is 0 Å². The van der Waals surface area contributed by atoms with Crippen LogP contribution < -0.4 is 4.74 Å². The lowest BCUT2D eigenvalue weighted by atomic mass is 10.1. The van der Waals surface area contributed by atoms with Gasteiger partial charge in [-0.25, -0.2) is 0 Å². The molecular weight excluding hydrogens is 210 g/mol. The molecule has 0 aliphatic carbocycles. The molecule has 82 valence electrons. The molecule has 5 heteroatoms. The number of benzene rings is 1. The highest BCUT2D eigenvalue weighted by Gasteiger charge is 2.14. The van der Waals surface area contributed by atoms with E-state index in [-0.39, 0.29) is 29.4 Å². The van der Waals surface area contributed by atoms with Crippen molar-refractivity contribution in [2.24, 2.45) is 0 Å². The lowest BCUT2D eigenvalue weighted by Gasteiger charge is -2.06. The summed E-state index contributed by atoms with van der Waals surface area (Å²) in [5.74, 6) is 2.20. The van der Waals surface area contributed by atoms with Gasteiger partial charge in [0.1, 0.15) is 12.4 Å². The van der Waals surface area contributed by atoms with E-state index in [9.17, 15) is 14.9 Å². The summed E-state index contributed by atoms with van der Waals surface area (Å²) >= 11 is 0. The topological polar surface area (TPSA) is 69.4 Å². The first-order valence-electron chi connectivity index (χ1n) is 4.42. The summed E-state index contributed by atoms with van der Waals surface area (Å²) in [7, 11) is 0. The zero-order valence-corrected chi connectivity index (χ0v) is 8.60. The molecule has 1 aromatic rings. The van der Waals surface area contributed by atoms with Crippen molar-refractivity contribution >= 4 is 11.5 Å². The number of Topliss-reactive ketones (excluding diaryl/α,β-unsaturated/α-hetero) is 1. The normalized spacial score (nSPS) is 9.25. The van der Waals surface area contributed by atoms with E-state index in [1.165, 1.54) is 25.1 Å². The van der Waals surface area contributed by atoms with Gasteiger partial charge in [-0.1, -0.05) is 5.92 Å². The quantitative estimate of drug-likeness (QED) is 0.335. The minimum atomic E-state index is -0.572. The molecule has 0 N–H and O–H groups in total. The maximum atomic E-state index is 11.2. The number of carbonyl (C=O) groups excluding carboxylic acids is 1. The van der Waals surface area contributed by atoms with E-state index < -0.39 is 4.92 Å². The first-order valence-corrected chi connectivity index (χ1v) is 4.42. The maximum absolute atomic E-state index is 11.2. The fourth-order valence-electron chi connectivity index (χ4n) is 1.15. The van der Waals surface area contributed by atoms with Crippen LogP contribution in [-0.2, 0) is 0 Å². The van der Waals surface area contributed by atoms with Gasteiger partial charge in [0.15, 0.2) is 5.78 Å². The van der Waals surface area contributed by atoms with Crippen LogP contribution in [0.2, 0.25) is 0 Å². The molecule has 16 heavy (non-hydrogen) atoms. The number of nitro benzene ring substituents is 1. The third-order valence-electron chi connectivity index (χ3n) is 1.86. The van der Waals surface area contributed by atoms with Crippen LogP contribution in [0.3, 0.4) is 0 Å². The maximum Gasteiger partial charge on any atom is 0.270 e. The Labute approximate surface area is 92.2 Å². The van der Waals surface area contributed by atoms with Crippen molar-refractivity contribution in [1.82, 2.24) is 0 Å². The van der Waals surface area contributed by atoms with E-state index in [4.69, 9.17) is 11.2 Å². The molecule has 1 rings (SSSR count). The Balaban J connectivity index is 3.15. The number of carbonyl (C=O) groups is 1. The number of non-ortho nitro benzene ring substituents is 1. The lowest BCUT2D eigenvalue weighted by Crippen LogP contribution is -2.02. The predicted molar refractivity (Wildman–Crippen MR) is 57.4 cm³/mol. The van der Waals surface area contributed by atoms with Crippen LogP contribution >= 0.6 is 0 Å². The molecule has 0 saturated heterocycles. The van der Waals surface area contributed by atoms with Crippen LogP contribution in [0.4, 0.5) is 5.69 Å². The summed E-state index contributed by atoms with van der Waals surface area (Å²) in [4.78, 5) is 21.2. The van der Waals surface area contributed by atoms with Crippen molar-refractivity contribution in [1.29, 1.82) is 0 Å². The summed E-state index contributed by atoms with van der Waals surface area (Å²) in [6, 6.07) is 3.80. The van der Waals surface area contributed by atoms with Gasteiger partial charge < -0.3 is 4.74 Å². The predicted octanol–water partition coefficient (Wildman–Crippen LogP) is 1.81. The number of terminal acetylenes is 1. The Kier molecular flexibility index (Phi) is 3.62. The zero-order chi connectivity index (χ0) is 12.1. The summed E-state index contributed by atoms with van der Waals surface area (Å²) in [6.07, 6.45) is 5.01. The molecule has 0 radical (unpaired) electrons. The summed E-state index contributed by atoms with van der Waals surface area (Å²) < 4.78 is 5.10. The number of ether oxygens (including phenoxy) is 1. The Hall–Kier alpha value is -2.35. The minimum absolute atomic E-state index is 0.0120. The van der Waals surface area contributed by atoms with E-state index in [1.807, 2.05) is 0 Å². The van der Waals surface area contributed by atoms with Crippen molar-refractivity contribution < 1.29 is 14.5 Å². The monoisotopic (exact) mass is 219 g/mol. The molecular formula is C11H9NO4. The van der Waals surface area contributed by atoms with Crippen LogP contribution in [0.25, 0.3) is 0 Å². The molecule has 0 unspecified atom stereocenters. The molecule has 0 amide bonds. The Morgan fingerprint density at radius 1 is 1.62 bits per heavy atom. The second kappa shape index (κ2) is 4.94. The van der Waals surface area contributed by atoms with E-state index >= 15 is 0 Å². The second-order valence-corrected chi connectivity index (χ2v) is 2.99. The number of nitrogens with zero attached hydrogens (tertiary/aromatic N) is 1. The van der Waals surface area contributed by atoms with Gasteiger partial charge in [0, 0.05) is 12.1 Å². The molecule has 1 aromatic carbocycles. The molecule has 0 aromatic heterocycles. The number of rotatable bonds is 4. The average Bonchev–Trinajstić information content (AvgIpc) is 2.25. The number of hydrogen-bond acceptors (Lipinski definition) is 4. The van der Waals surface area contributed by atoms with Gasteiger partial charge in [-0.3, -0.25) is 14.9 Å². The van der Waals surface area contributed by atoms with Crippen LogP contribution in [0.5, 0.6) is 5.75 Å². The smallest absolute Gasteiger partial charge is 0.270 e. The fourth-order valence-corrected chi connectivity index (χ4v) is 1.15. The molecule has 0 aliphatic heterocycles. The minimum Gasteiger partial charge on any atom is -0.480 e. The Morgan fingerprint density at radius 3 is 2.81 bits per heavy atom. The summed E-state index contributed by atoms with van der Waals surface area (Å²) in [5, 5.41) is 10.5. The highest BCUT2D eigenvalue weighted by molar-refractivity contribution is 5.97. The highest BCUT2D eigenvalue weighted by Crippen LogP contribution is 2.24. The largest absolute Gasteiger partial charge is 0.480 e.